The van der Waals surface area contributed by atoms with Gasteiger partial charge in [-0.15, -0.1) is 11.3 Å². The quantitative estimate of drug-likeness (QED) is 0.152. The van der Waals surface area contributed by atoms with Crippen molar-refractivity contribution in [1.82, 2.24) is 29.9 Å². The fourth-order valence-corrected chi connectivity index (χ4v) is 8.94. The molecule has 61 heavy (non-hydrogen) atoms. The summed E-state index contributed by atoms with van der Waals surface area (Å²) in [6, 6.07) is 70.7. The Balaban J connectivity index is 1.01. The van der Waals surface area contributed by atoms with E-state index in [1.165, 1.54) is 0 Å². The lowest BCUT2D eigenvalue weighted by Gasteiger charge is -2.10. The Morgan fingerprint density at radius 2 is 0.590 bits per heavy atom. The average molecular weight is 799 g/mol. The molecule has 0 spiro atoms. The van der Waals surface area contributed by atoms with Crippen molar-refractivity contribution < 1.29 is 0 Å². The van der Waals surface area contributed by atoms with Crippen molar-refractivity contribution in [2.75, 3.05) is 0 Å². The van der Waals surface area contributed by atoms with Crippen LogP contribution in [0.3, 0.4) is 0 Å². The molecule has 0 aliphatic carbocycles. The molecule has 7 heteroatoms. The van der Waals surface area contributed by atoms with Crippen LogP contribution in [0.4, 0.5) is 0 Å². The van der Waals surface area contributed by atoms with Gasteiger partial charge in [-0.2, -0.15) is 0 Å². The topological polar surface area (TPSA) is 77.3 Å². The van der Waals surface area contributed by atoms with Crippen LogP contribution in [0.25, 0.3) is 111 Å². The van der Waals surface area contributed by atoms with Crippen molar-refractivity contribution >= 4 is 31.5 Å². The first kappa shape index (κ1) is 36.1. The van der Waals surface area contributed by atoms with Crippen LogP contribution in [-0.2, 0) is 0 Å². The molecule has 11 aromatic rings. The summed E-state index contributed by atoms with van der Waals surface area (Å²) in [6.07, 6.45) is 0. The van der Waals surface area contributed by atoms with E-state index in [0.29, 0.717) is 34.9 Å². The van der Waals surface area contributed by atoms with Gasteiger partial charge in [0.1, 0.15) is 0 Å². The number of nitrogens with zero attached hydrogens (tertiary/aromatic N) is 6. The predicted octanol–water partition coefficient (Wildman–Crippen LogP) is 13.8. The Bertz CT molecular complexity index is 3320. The first-order valence-corrected chi connectivity index (χ1v) is 20.9. The zero-order chi connectivity index (χ0) is 40.5. The van der Waals surface area contributed by atoms with Gasteiger partial charge in [-0.05, 0) is 34.4 Å². The predicted molar refractivity (Wildman–Crippen MR) is 250 cm³/mol. The van der Waals surface area contributed by atoms with Gasteiger partial charge in [-0.3, -0.25) is 0 Å². The lowest BCUT2D eigenvalue weighted by molar-refractivity contribution is 1.07. The van der Waals surface area contributed by atoms with Crippen LogP contribution in [0, 0.1) is 0 Å². The molecule has 0 saturated carbocycles. The summed E-state index contributed by atoms with van der Waals surface area (Å²) in [7, 11) is 0. The van der Waals surface area contributed by atoms with Crippen LogP contribution in [0.1, 0.15) is 0 Å². The summed E-state index contributed by atoms with van der Waals surface area (Å²) in [5.41, 5.74) is 10.2. The molecule has 6 nitrogen and oxygen atoms in total. The van der Waals surface area contributed by atoms with Crippen LogP contribution in [0.2, 0.25) is 0 Å². The number of thiophene rings is 1. The molecule has 0 unspecified atom stereocenters. The maximum Gasteiger partial charge on any atom is 0.165 e. The summed E-state index contributed by atoms with van der Waals surface area (Å²) in [5, 5.41) is 2.29. The molecular formula is C54H34N6S. The Kier molecular flexibility index (Phi) is 9.26. The van der Waals surface area contributed by atoms with Crippen LogP contribution in [0.15, 0.2) is 206 Å². The minimum absolute atomic E-state index is 0.614. The normalized spacial score (nSPS) is 11.3. The number of aromatic nitrogens is 6. The van der Waals surface area contributed by atoms with Crippen LogP contribution in [0.5, 0.6) is 0 Å². The van der Waals surface area contributed by atoms with E-state index in [4.69, 9.17) is 29.9 Å². The van der Waals surface area contributed by atoms with Crippen molar-refractivity contribution in [3.05, 3.63) is 206 Å². The Morgan fingerprint density at radius 3 is 1.05 bits per heavy atom. The lowest BCUT2D eigenvalue weighted by atomic mass is 10.0. The third kappa shape index (κ3) is 7.13. The van der Waals surface area contributed by atoms with E-state index in [2.05, 4.69) is 133 Å². The molecule has 3 heterocycles. The first-order valence-electron chi connectivity index (χ1n) is 20.1. The molecule has 0 bridgehead atoms. The molecule has 0 aliphatic rings. The summed E-state index contributed by atoms with van der Waals surface area (Å²) in [4.78, 5) is 30.4. The third-order valence-electron chi connectivity index (χ3n) is 10.8. The average Bonchev–Trinajstić information content (AvgIpc) is 3.73. The number of benzene rings is 8. The van der Waals surface area contributed by atoms with Gasteiger partial charge in [0.25, 0.3) is 0 Å². The van der Waals surface area contributed by atoms with Crippen LogP contribution < -0.4 is 0 Å². The molecule has 3 aromatic heterocycles. The highest BCUT2D eigenvalue weighted by Crippen LogP contribution is 2.41. The summed E-state index contributed by atoms with van der Waals surface area (Å²) < 4.78 is 2.22. The Morgan fingerprint density at radius 1 is 0.246 bits per heavy atom. The van der Waals surface area contributed by atoms with Crippen molar-refractivity contribution in [3.63, 3.8) is 0 Å². The highest BCUT2D eigenvalue weighted by atomic mass is 32.1. The van der Waals surface area contributed by atoms with Gasteiger partial charge in [0.2, 0.25) is 0 Å². The smallest absolute Gasteiger partial charge is 0.165 e. The van der Waals surface area contributed by atoms with Gasteiger partial charge in [-0.1, -0.05) is 194 Å². The standard InChI is InChI=1S/C54H34N6S/c1-5-14-35(15-6-1)37-24-28-41(29-25-37)51-55-49(39-18-9-3-10-19-39)57-53(58-51)43-32-33-44-45-22-13-23-46(48(45)61-47(44)34-43)54-59-50(40-20-11-4-12-21-40)56-52(60-54)42-30-26-38(27-31-42)36-16-7-2-8-17-36/h1-34H. The lowest BCUT2D eigenvalue weighted by Crippen LogP contribution is -2.00. The second-order valence-corrected chi connectivity index (χ2v) is 15.8. The number of rotatable bonds is 8. The number of hydrogen-bond acceptors (Lipinski definition) is 7. The third-order valence-corrected chi connectivity index (χ3v) is 12.0. The van der Waals surface area contributed by atoms with Crippen molar-refractivity contribution in [3.8, 4) is 90.6 Å². The molecule has 0 radical (unpaired) electrons. The minimum Gasteiger partial charge on any atom is -0.208 e. The number of hydrogen-bond donors (Lipinski definition) is 0. The maximum atomic E-state index is 5.14. The molecule has 286 valence electrons. The van der Waals surface area contributed by atoms with Crippen molar-refractivity contribution in [1.29, 1.82) is 0 Å². The van der Waals surface area contributed by atoms with Crippen molar-refractivity contribution in [2.24, 2.45) is 0 Å². The minimum atomic E-state index is 0.614. The molecular weight excluding hydrogens is 765 g/mol. The second-order valence-electron chi connectivity index (χ2n) is 14.7. The molecule has 0 fully saturated rings. The van der Waals surface area contributed by atoms with E-state index >= 15 is 0 Å². The van der Waals surface area contributed by atoms with E-state index in [1.807, 2.05) is 72.8 Å². The summed E-state index contributed by atoms with van der Waals surface area (Å²) in [6.45, 7) is 0. The molecule has 0 saturated heterocycles. The Labute approximate surface area is 356 Å². The van der Waals surface area contributed by atoms with Gasteiger partial charge in [-0.25, -0.2) is 29.9 Å². The molecule has 0 atom stereocenters. The molecule has 0 amide bonds. The molecule has 11 rings (SSSR count). The summed E-state index contributed by atoms with van der Waals surface area (Å²) in [5.74, 6) is 3.74. The number of fused-ring (bicyclic) bond motifs is 3. The SMILES string of the molecule is c1ccc(-c2ccc(-c3nc(-c4ccccc4)nc(-c4ccc5c(c4)sc4c(-c6nc(-c7ccccc7)nc(-c7ccc(-c8ccccc8)cc7)n6)cccc45)n3)cc2)cc1. The Hall–Kier alpha value is -8.00. The van der Waals surface area contributed by atoms with E-state index < -0.39 is 0 Å². The van der Waals surface area contributed by atoms with Gasteiger partial charge in [0.15, 0.2) is 34.9 Å². The first-order chi connectivity index (χ1) is 30.2. The van der Waals surface area contributed by atoms with Gasteiger partial charge < -0.3 is 0 Å². The van der Waals surface area contributed by atoms with Gasteiger partial charge in [0.05, 0.1) is 0 Å². The fourth-order valence-electron chi connectivity index (χ4n) is 7.69. The van der Waals surface area contributed by atoms with E-state index in [1.54, 1.807) is 11.3 Å². The van der Waals surface area contributed by atoms with Gasteiger partial charge in [0, 0.05) is 53.6 Å². The van der Waals surface area contributed by atoms with Gasteiger partial charge >= 0.3 is 0 Å². The monoisotopic (exact) mass is 798 g/mol. The highest BCUT2D eigenvalue weighted by Gasteiger charge is 2.19. The van der Waals surface area contributed by atoms with E-state index in [9.17, 15) is 0 Å². The zero-order valence-corrected chi connectivity index (χ0v) is 33.5. The second kappa shape index (κ2) is 15.6. The largest absolute Gasteiger partial charge is 0.208 e. The highest BCUT2D eigenvalue weighted by molar-refractivity contribution is 7.26. The van der Waals surface area contributed by atoms with Crippen LogP contribution in [-0.4, -0.2) is 29.9 Å². The zero-order valence-electron chi connectivity index (χ0n) is 32.7. The van der Waals surface area contributed by atoms with Crippen LogP contribution >= 0.6 is 11.3 Å². The maximum absolute atomic E-state index is 5.14. The molecule has 0 N–H and O–H groups in total. The fraction of sp³-hybridized carbons (Fsp3) is 0. The molecule has 0 aliphatic heterocycles. The van der Waals surface area contributed by atoms with E-state index in [0.717, 1.165) is 75.8 Å². The van der Waals surface area contributed by atoms with Crippen molar-refractivity contribution in [2.45, 2.75) is 0 Å². The summed E-state index contributed by atoms with van der Waals surface area (Å²) >= 11 is 1.72. The van der Waals surface area contributed by atoms with E-state index in [-0.39, 0.29) is 0 Å². The molecule has 8 aromatic carbocycles.